The first-order valence-electron chi connectivity index (χ1n) is 14.3. The Labute approximate surface area is 249 Å². The maximum atomic E-state index is 15.1. The highest BCUT2D eigenvalue weighted by Crippen LogP contribution is 2.29. The quantitative estimate of drug-likeness (QED) is 0.176. The highest BCUT2D eigenvalue weighted by Gasteiger charge is 2.22. The van der Waals surface area contributed by atoms with Crippen LogP contribution in [0.1, 0.15) is 31.7 Å². The lowest BCUT2D eigenvalue weighted by atomic mass is 10.0. The molecule has 0 amide bonds. The molecule has 1 fully saturated rings. The van der Waals surface area contributed by atoms with Gasteiger partial charge < -0.3 is 41.8 Å². The summed E-state index contributed by atoms with van der Waals surface area (Å²) >= 11 is 6.27. The van der Waals surface area contributed by atoms with E-state index in [4.69, 9.17) is 27.8 Å². The predicted molar refractivity (Wildman–Crippen MR) is 164 cm³/mol. The van der Waals surface area contributed by atoms with Crippen LogP contribution in [-0.4, -0.2) is 60.8 Å². The number of aromatic amines is 1. The van der Waals surface area contributed by atoms with Crippen LogP contribution in [-0.2, 0) is 11.2 Å². The Balaban J connectivity index is 1.33. The van der Waals surface area contributed by atoms with Crippen LogP contribution in [0.2, 0.25) is 5.02 Å². The number of nitrogens with one attached hydrogen (secondary N) is 1. The van der Waals surface area contributed by atoms with Crippen LogP contribution in [0.15, 0.2) is 52.4 Å². The molecule has 3 atom stereocenters. The van der Waals surface area contributed by atoms with Crippen molar-refractivity contribution in [2.24, 2.45) is 21.5 Å². The molecule has 3 heterocycles. The van der Waals surface area contributed by atoms with Gasteiger partial charge >= 0.3 is 0 Å². The molecule has 2 aromatic carbocycles. The minimum Gasteiger partial charge on any atom is -0.374 e. The van der Waals surface area contributed by atoms with Gasteiger partial charge in [-0.15, -0.1) is 0 Å². The molecular weight excluding hydrogens is 559 g/mol. The first-order valence-corrected chi connectivity index (χ1v) is 14.6. The van der Waals surface area contributed by atoms with Crippen LogP contribution in [0.5, 0.6) is 0 Å². The molecule has 2 aliphatic rings. The lowest BCUT2D eigenvalue weighted by Gasteiger charge is -2.34. The van der Waals surface area contributed by atoms with Crippen molar-refractivity contribution < 1.29 is 20.0 Å². The Morgan fingerprint density at radius 2 is 2.02 bits per heavy atom. The first-order chi connectivity index (χ1) is 20.2. The third-order valence-electron chi connectivity index (χ3n) is 7.54. The van der Waals surface area contributed by atoms with Crippen molar-refractivity contribution in [3.63, 3.8) is 0 Å². The molecule has 5 rings (SSSR count). The second kappa shape index (κ2) is 13.1. The molecule has 1 aromatic heterocycles. The van der Waals surface area contributed by atoms with Gasteiger partial charge in [0.05, 0.1) is 29.5 Å². The lowest BCUT2D eigenvalue weighted by Crippen LogP contribution is -2.58. The average Bonchev–Trinajstić information content (AvgIpc) is 3.37. The van der Waals surface area contributed by atoms with Crippen molar-refractivity contribution in [1.29, 1.82) is 0 Å². The molecule has 9 N–H and O–H groups in total. The molecule has 0 aliphatic carbocycles. The molecule has 10 nitrogen and oxygen atoms in total. The van der Waals surface area contributed by atoms with Gasteiger partial charge in [-0.1, -0.05) is 11.6 Å². The molecule has 0 saturated carbocycles. The fraction of sp³-hybridized carbons (Fsp3) is 0.400. The standard InChI is InChI=1S/C30H38ClFN8O2/c1-18(33)3-2-4-19-13-24(27(32)25(31)14-19)26-15-20-16-40(30(41)38-28(20)37-26)22-7-5-21(6-8-22)39-11-12-42-23(17-39)9-10-36-29(34)35/h5-8,13-16,18,23,30,41H,2-4,9-12,17,33H2,1H3,(H,37,38)(H4,34,35,36)/p+1. The van der Waals surface area contributed by atoms with E-state index in [1.807, 2.05) is 42.6 Å². The molecule has 0 radical (unpaired) electrons. The molecule has 42 heavy (non-hydrogen) atoms. The molecule has 1 saturated heterocycles. The number of fused-ring (bicyclic) bond motifs is 1. The first kappa shape index (κ1) is 29.8. The Bertz CT molecular complexity index is 1540. The summed E-state index contributed by atoms with van der Waals surface area (Å²) in [6.07, 6.45) is 4.17. The number of halogens is 2. The third-order valence-corrected chi connectivity index (χ3v) is 7.81. The summed E-state index contributed by atoms with van der Waals surface area (Å²) in [5.74, 6) is -0.403. The number of guanidine groups is 1. The minimum absolute atomic E-state index is 0.0385. The Hall–Kier alpha value is -3.64. The van der Waals surface area contributed by atoms with E-state index in [1.54, 1.807) is 11.0 Å². The van der Waals surface area contributed by atoms with Crippen molar-refractivity contribution in [2.75, 3.05) is 36.0 Å². The molecule has 0 spiro atoms. The minimum atomic E-state index is -1.14. The Morgan fingerprint density at radius 1 is 1.26 bits per heavy atom. The van der Waals surface area contributed by atoms with Gasteiger partial charge in [-0.2, -0.15) is 0 Å². The number of aliphatic hydroxyl groups excluding tert-OH is 1. The number of hydrogen-bond donors (Lipinski definition) is 5. The zero-order chi connectivity index (χ0) is 29.8. The van der Waals surface area contributed by atoms with E-state index >= 15 is 4.39 Å². The van der Waals surface area contributed by atoms with Gasteiger partial charge in [0.2, 0.25) is 6.35 Å². The van der Waals surface area contributed by atoms with Crippen LogP contribution in [0, 0.1) is 5.82 Å². The number of H-pyrrole nitrogens is 1. The van der Waals surface area contributed by atoms with Crippen molar-refractivity contribution >= 4 is 35.1 Å². The monoisotopic (exact) mass is 597 g/mol. The number of quaternary nitrogens is 1. The van der Waals surface area contributed by atoms with E-state index < -0.39 is 12.2 Å². The summed E-state index contributed by atoms with van der Waals surface area (Å²) in [5, 5.41) is 11.7. The third kappa shape index (κ3) is 7.04. The number of aliphatic hydroxyl groups is 1. The van der Waals surface area contributed by atoms with Gasteiger partial charge in [0, 0.05) is 48.0 Å². The van der Waals surface area contributed by atoms with Crippen LogP contribution in [0.4, 0.5) is 15.8 Å². The highest BCUT2D eigenvalue weighted by molar-refractivity contribution is 6.31. The molecule has 3 unspecified atom stereocenters. The van der Waals surface area contributed by atoms with Gasteiger partial charge in [-0.3, -0.25) is 4.99 Å². The van der Waals surface area contributed by atoms with Crippen LogP contribution in [0.3, 0.4) is 0 Å². The molecule has 0 bridgehead atoms. The SMILES string of the molecule is CC([NH3+])CCCc1cc(Cl)c(F)c(-c2cc3c([nH]2)=NC(O)N(c2ccc(N4CCOC(CCN=C(N)N)C4)cc2)C=3)c1. The summed E-state index contributed by atoms with van der Waals surface area (Å²) in [6, 6.07) is 13.6. The highest BCUT2D eigenvalue weighted by atomic mass is 35.5. The molecule has 12 heteroatoms. The van der Waals surface area contributed by atoms with Gasteiger partial charge in [0.15, 0.2) is 11.8 Å². The van der Waals surface area contributed by atoms with Crippen molar-refractivity contribution in [1.82, 2.24) is 4.98 Å². The fourth-order valence-corrected chi connectivity index (χ4v) is 5.60. The smallest absolute Gasteiger partial charge is 0.231 e. The number of rotatable bonds is 10. The number of ether oxygens (including phenoxy) is 1. The second-order valence-electron chi connectivity index (χ2n) is 11.0. The number of aryl methyl sites for hydroxylation is 1. The Morgan fingerprint density at radius 3 is 2.76 bits per heavy atom. The van der Waals surface area contributed by atoms with E-state index in [0.717, 1.165) is 60.9 Å². The number of benzene rings is 2. The zero-order valence-corrected chi connectivity index (χ0v) is 24.5. The van der Waals surface area contributed by atoms with Crippen molar-refractivity contribution in [2.45, 2.75) is 51.1 Å². The number of hydrogen-bond acceptors (Lipinski definition) is 6. The largest absolute Gasteiger partial charge is 0.374 e. The summed E-state index contributed by atoms with van der Waals surface area (Å²) in [5.41, 5.74) is 19.1. The van der Waals surface area contributed by atoms with E-state index in [0.29, 0.717) is 35.9 Å². The van der Waals surface area contributed by atoms with Crippen LogP contribution in [0.25, 0.3) is 17.5 Å². The summed E-state index contributed by atoms with van der Waals surface area (Å²) in [7, 11) is 0. The van der Waals surface area contributed by atoms with Gasteiger partial charge in [0.25, 0.3) is 0 Å². The van der Waals surface area contributed by atoms with E-state index in [1.165, 1.54) is 0 Å². The zero-order valence-electron chi connectivity index (χ0n) is 23.8. The normalized spacial score (nSPS) is 19.1. The number of anilines is 2. The summed E-state index contributed by atoms with van der Waals surface area (Å²) < 4.78 is 21.0. The summed E-state index contributed by atoms with van der Waals surface area (Å²) in [4.78, 5) is 15.6. The van der Waals surface area contributed by atoms with E-state index in [2.05, 4.69) is 32.5 Å². The Kier molecular flexibility index (Phi) is 9.32. The summed E-state index contributed by atoms with van der Waals surface area (Å²) in [6.45, 7) is 4.74. The van der Waals surface area contributed by atoms with Gasteiger partial charge in [-0.05, 0) is 80.6 Å². The molecular formula is C30H39ClFN8O2+. The number of aromatic nitrogens is 1. The topological polar surface area (TPSA) is 156 Å². The predicted octanol–water partition coefficient (Wildman–Crippen LogP) is 1.45. The van der Waals surface area contributed by atoms with Gasteiger partial charge in [-0.25, -0.2) is 9.38 Å². The van der Waals surface area contributed by atoms with Crippen LogP contribution < -0.4 is 37.7 Å². The van der Waals surface area contributed by atoms with E-state index in [-0.39, 0.29) is 17.1 Å². The molecule has 224 valence electrons. The fourth-order valence-electron chi connectivity index (χ4n) is 5.35. The maximum absolute atomic E-state index is 15.1. The average molecular weight is 598 g/mol. The number of nitrogens with two attached hydrogens (primary N) is 2. The number of nitrogens with zero attached hydrogens (tertiary/aromatic N) is 4. The van der Waals surface area contributed by atoms with E-state index in [9.17, 15) is 5.11 Å². The maximum Gasteiger partial charge on any atom is 0.231 e. The second-order valence-corrected chi connectivity index (χ2v) is 11.4. The number of morpholine rings is 1. The molecule has 3 aromatic rings. The molecule has 2 aliphatic heterocycles. The number of aliphatic imine (C=N–C) groups is 1. The van der Waals surface area contributed by atoms with Crippen molar-refractivity contribution in [3.05, 3.63) is 69.6 Å². The van der Waals surface area contributed by atoms with Crippen molar-refractivity contribution in [3.8, 4) is 11.3 Å². The lowest BCUT2D eigenvalue weighted by molar-refractivity contribution is -0.415. The van der Waals surface area contributed by atoms with Crippen LogP contribution >= 0.6 is 11.6 Å². The van der Waals surface area contributed by atoms with Gasteiger partial charge in [0.1, 0.15) is 5.49 Å².